The van der Waals surface area contributed by atoms with Crippen LogP contribution in [0.5, 0.6) is 5.75 Å². The Morgan fingerprint density at radius 1 is 1.30 bits per heavy atom. The van der Waals surface area contributed by atoms with E-state index in [4.69, 9.17) is 13.6 Å². The van der Waals surface area contributed by atoms with Crippen LogP contribution in [0.4, 0.5) is 4.39 Å². The molecule has 0 saturated carbocycles. The maximum absolute atomic E-state index is 14.0. The van der Waals surface area contributed by atoms with Crippen molar-refractivity contribution in [2.75, 3.05) is 13.7 Å². The zero-order valence-corrected chi connectivity index (χ0v) is 16.7. The third kappa shape index (κ3) is 3.99. The molecule has 1 amide bonds. The molecule has 2 unspecified atom stereocenters. The molecule has 3 aromatic rings. The van der Waals surface area contributed by atoms with E-state index in [2.05, 4.69) is 10.4 Å². The minimum atomic E-state index is -0.444. The van der Waals surface area contributed by atoms with Crippen LogP contribution in [0.25, 0.3) is 0 Å². The van der Waals surface area contributed by atoms with Gasteiger partial charge in [-0.15, -0.1) is 0 Å². The number of nitrogens with one attached hydrogen (secondary N) is 1. The molecule has 8 heteroatoms. The molecule has 30 heavy (non-hydrogen) atoms. The molecule has 1 N–H and O–H groups in total. The molecule has 1 aliphatic heterocycles. The van der Waals surface area contributed by atoms with E-state index in [1.807, 2.05) is 19.1 Å². The second-order valence-corrected chi connectivity index (χ2v) is 6.99. The van der Waals surface area contributed by atoms with Crippen LogP contribution in [0.1, 0.15) is 42.5 Å². The van der Waals surface area contributed by atoms with Crippen molar-refractivity contribution in [3.63, 3.8) is 0 Å². The summed E-state index contributed by atoms with van der Waals surface area (Å²) in [5, 5.41) is 9.04. The van der Waals surface area contributed by atoms with Gasteiger partial charge in [0.2, 0.25) is 0 Å². The Kier molecular flexibility index (Phi) is 5.67. The molecule has 0 fully saturated rings. The maximum Gasteiger partial charge on any atom is 0.257 e. The van der Waals surface area contributed by atoms with Crippen molar-refractivity contribution in [2.24, 2.45) is 5.10 Å². The topological polar surface area (TPSA) is 80.2 Å². The number of furan rings is 2. The zero-order valence-electron chi connectivity index (χ0n) is 16.7. The second-order valence-electron chi connectivity index (χ2n) is 6.99. The number of ether oxygens (including phenoxy) is 1. The lowest BCUT2D eigenvalue weighted by molar-refractivity contribution is -0.132. The van der Waals surface area contributed by atoms with Crippen LogP contribution in [0, 0.1) is 5.82 Å². The molecule has 4 rings (SSSR count). The number of hydrogen-bond acceptors (Lipinski definition) is 6. The normalized spacial score (nSPS) is 17.1. The van der Waals surface area contributed by atoms with Crippen LogP contribution in [-0.4, -0.2) is 30.3 Å². The summed E-state index contributed by atoms with van der Waals surface area (Å²) in [7, 11) is 1.42. The van der Waals surface area contributed by atoms with Crippen molar-refractivity contribution >= 4 is 11.6 Å². The van der Waals surface area contributed by atoms with Gasteiger partial charge in [0.25, 0.3) is 5.91 Å². The van der Waals surface area contributed by atoms with Gasteiger partial charge in [-0.05, 0) is 48.9 Å². The van der Waals surface area contributed by atoms with Crippen molar-refractivity contribution in [1.82, 2.24) is 10.3 Å². The molecule has 0 aliphatic carbocycles. The number of methoxy groups -OCH3 is 1. The number of nitrogens with zero attached hydrogens (tertiary/aromatic N) is 2. The predicted octanol–water partition coefficient (Wildman–Crippen LogP) is 4.05. The summed E-state index contributed by atoms with van der Waals surface area (Å²) in [6, 6.07) is 11.3. The summed E-state index contributed by atoms with van der Waals surface area (Å²) in [5.41, 5.74) is 1.39. The van der Waals surface area contributed by atoms with E-state index >= 15 is 0 Å². The monoisotopic (exact) mass is 411 g/mol. The molecule has 3 heterocycles. The van der Waals surface area contributed by atoms with Gasteiger partial charge >= 0.3 is 0 Å². The lowest BCUT2D eigenvalue weighted by Gasteiger charge is -2.21. The van der Waals surface area contributed by atoms with Crippen LogP contribution < -0.4 is 10.1 Å². The van der Waals surface area contributed by atoms with Gasteiger partial charge in [-0.2, -0.15) is 5.10 Å². The van der Waals surface area contributed by atoms with Gasteiger partial charge in [0.15, 0.2) is 11.6 Å². The average Bonchev–Trinajstić information content (AvgIpc) is 3.51. The number of carbonyl (C=O) groups is 1. The summed E-state index contributed by atoms with van der Waals surface area (Å²) < 4.78 is 29.9. The molecule has 2 atom stereocenters. The summed E-state index contributed by atoms with van der Waals surface area (Å²) in [4.78, 5) is 13.0. The number of amides is 1. The van der Waals surface area contributed by atoms with Crippen LogP contribution in [0.15, 0.2) is 68.9 Å². The first-order chi connectivity index (χ1) is 14.6. The van der Waals surface area contributed by atoms with E-state index in [9.17, 15) is 9.18 Å². The van der Waals surface area contributed by atoms with E-state index in [0.29, 0.717) is 29.2 Å². The van der Waals surface area contributed by atoms with Crippen LogP contribution in [0.2, 0.25) is 0 Å². The van der Waals surface area contributed by atoms with Gasteiger partial charge in [0.05, 0.1) is 26.2 Å². The minimum absolute atomic E-state index is 0.0287. The lowest BCUT2D eigenvalue weighted by atomic mass is 10.1. The van der Waals surface area contributed by atoms with Crippen LogP contribution in [0.3, 0.4) is 0 Å². The summed E-state index contributed by atoms with van der Waals surface area (Å²) in [6.07, 6.45) is 3.63. The Hall–Kier alpha value is -3.39. The Balaban J connectivity index is 1.47. The quantitative estimate of drug-likeness (QED) is 0.635. The van der Waals surface area contributed by atoms with Gasteiger partial charge < -0.3 is 18.9 Å². The predicted molar refractivity (Wildman–Crippen MR) is 108 cm³/mol. The second kappa shape index (κ2) is 8.54. The SMILES string of the molecule is COc1ccc(C(C)NCC(=O)N2N=C(c3ccco3)CC2c2ccco2)cc1F. The molecule has 1 aromatic carbocycles. The Labute approximate surface area is 173 Å². The minimum Gasteiger partial charge on any atom is -0.494 e. The van der Waals surface area contributed by atoms with Gasteiger partial charge in [-0.3, -0.25) is 4.79 Å². The average molecular weight is 411 g/mol. The van der Waals surface area contributed by atoms with Crippen LogP contribution >= 0.6 is 0 Å². The first-order valence-corrected chi connectivity index (χ1v) is 9.60. The lowest BCUT2D eigenvalue weighted by Crippen LogP contribution is -2.36. The highest BCUT2D eigenvalue weighted by Crippen LogP contribution is 2.33. The third-order valence-corrected chi connectivity index (χ3v) is 5.08. The van der Waals surface area contributed by atoms with Gasteiger partial charge in [-0.1, -0.05) is 6.07 Å². The van der Waals surface area contributed by atoms with Gasteiger partial charge in [0.1, 0.15) is 23.3 Å². The summed E-state index contributed by atoms with van der Waals surface area (Å²) >= 11 is 0. The van der Waals surface area contributed by atoms with Gasteiger partial charge in [-0.25, -0.2) is 9.40 Å². The molecule has 0 bridgehead atoms. The van der Waals surface area contributed by atoms with Crippen molar-refractivity contribution in [3.8, 4) is 5.75 Å². The fourth-order valence-electron chi connectivity index (χ4n) is 3.43. The molecule has 2 aromatic heterocycles. The number of hydrazone groups is 1. The number of benzene rings is 1. The largest absolute Gasteiger partial charge is 0.494 e. The van der Waals surface area contributed by atoms with E-state index in [1.165, 1.54) is 18.2 Å². The Morgan fingerprint density at radius 3 is 2.77 bits per heavy atom. The van der Waals surface area contributed by atoms with Crippen LogP contribution in [-0.2, 0) is 4.79 Å². The third-order valence-electron chi connectivity index (χ3n) is 5.08. The molecular formula is C22H22FN3O4. The highest BCUT2D eigenvalue weighted by molar-refractivity contribution is 6.01. The van der Waals surface area contributed by atoms with E-state index in [-0.39, 0.29) is 30.3 Å². The van der Waals surface area contributed by atoms with Crippen molar-refractivity contribution in [1.29, 1.82) is 0 Å². The molecule has 156 valence electrons. The van der Waals surface area contributed by atoms with E-state index in [1.54, 1.807) is 36.8 Å². The fraction of sp³-hybridized carbons (Fsp3) is 0.273. The summed E-state index contributed by atoms with van der Waals surface area (Å²) in [5.74, 6) is 0.787. The van der Waals surface area contributed by atoms with Crippen molar-refractivity contribution < 1.29 is 22.8 Å². The van der Waals surface area contributed by atoms with E-state index in [0.717, 1.165) is 0 Å². The number of rotatable bonds is 7. The smallest absolute Gasteiger partial charge is 0.257 e. The Morgan fingerprint density at radius 2 is 2.10 bits per heavy atom. The highest BCUT2D eigenvalue weighted by Gasteiger charge is 2.35. The molecule has 7 nitrogen and oxygen atoms in total. The maximum atomic E-state index is 14.0. The highest BCUT2D eigenvalue weighted by atomic mass is 19.1. The molecule has 0 spiro atoms. The number of halogens is 1. The first-order valence-electron chi connectivity index (χ1n) is 9.60. The van der Waals surface area contributed by atoms with Crippen molar-refractivity contribution in [2.45, 2.75) is 25.4 Å². The number of carbonyl (C=O) groups excluding carboxylic acids is 1. The molecule has 1 aliphatic rings. The summed E-state index contributed by atoms with van der Waals surface area (Å²) in [6.45, 7) is 1.89. The molecular weight excluding hydrogens is 389 g/mol. The molecule has 0 radical (unpaired) electrons. The zero-order chi connectivity index (χ0) is 21.1. The van der Waals surface area contributed by atoms with Gasteiger partial charge in [0, 0.05) is 12.5 Å². The fourth-order valence-corrected chi connectivity index (χ4v) is 3.43. The standard InChI is InChI=1S/C22H22FN3O4/c1-14(15-7-8-19(28-2)16(23)11-15)24-13-22(27)26-18(21-6-4-10-30-21)12-17(25-26)20-5-3-9-29-20/h3-11,14,18,24H,12-13H2,1-2H3. The van der Waals surface area contributed by atoms with E-state index < -0.39 is 5.82 Å². The molecule has 0 saturated heterocycles. The Bertz CT molecular complexity index is 1030. The van der Waals surface area contributed by atoms with Crippen molar-refractivity contribution in [3.05, 3.63) is 77.9 Å². The number of hydrogen-bond donors (Lipinski definition) is 1. The first kappa shape index (κ1) is 19.9.